The average Bonchev–Trinajstić information content (AvgIpc) is 2.78. The van der Waals surface area contributed by atoms with E-state index in [1.807, 2.05) is 29.0 Å². The Hall–Kier alpha value is -3.48. The fourth-order valence-corrected chi connectivity index (χ4v) is 3.72. The summed E-state index contributed by atoms with van der Waals surface area (Å²) in [4.78, 5) is 24.9. The topological polar surface area (TPSA) is 139 Å². The van der Waals surface area contributed by atoms with Gasteiger partial charge in [-0.2, -0.15) is 21.6 Å². The van der Waals surface area contributed by atoms with Crippen molar-refractivity contribution in [3.8, 4) is 11.1 Å². The first kappa shape index (κ1) is 26.8. The summed E-state index contributed by atoms with van der Waals surface area (Å²) in [7, 11) is -4.11. The van der Waals surface area contributed by atoms with Gasteiger partial charge in [-0.15, -0.1) is 0 Å². The molecule has 0 fully saturated rings. The summed E-state index contributed by atoms with van der Waals surface area (Å²) in [6.45, 7) is 0.392. The van der Waals surface area contributed by atoms with Gasteiger partial charge in [-0.1, -0.05) is 48.0 Å². The predicted molar refractivity (Wildman–Crippen MR) is 117 cm³/mol. The van der Waals surface area contributed by atoms with Gasteiger partial charge in [0.25, 0.3) is 15.9 Å². The zero-order valence-corrected chi connectivity index (χ0v) is 18.7. The van der Waals surface area contributed by atoms with E-state index in [0.717, 1.165) is 16.7 Å². The Balaban J connectivity index is 0.000000509. The molecule has 0 atom stereocenters. The third-order valence-corrected chi connectivity index (χ3v) is 5.60. The van der Waals surface area contributed by atoms with Crippen LogP contribution in [0.25, 0.3) is 11.1 Å². The van der Waals surface area contributed by atoms with Crippen LogP contribution in [-0.4, -0.2) is 36.6 Å². The van der Waals surface area contributed by atoms with Gasteiger partial charge in [0, 0.05) is 23.3 Å². The molecule has 1 aromatic heterocycles. The molecule has 180 valence electrons. The first-order valence-corrected chi connectivity index (χ1v) is 11.1. The lowest BCUT2D eigenvalue weighted by molar-refractivity contribution is -0.192. The number of rotatable bonds is 5. The Morgan fingerprint density at radius 1 is 1.06 bits per heavy atom. The maximum atomic E-state index is 12.3. The van der Waals surface area contributed by atoms with Crippen LogP contribution < -0.4 is 10.5 Å². The second-order valence-electron chi connectivity index (χ2n) is 6.49. The van der Waals surface area contributed by atoms with E-state index in [4.69, 9.17) is 27.2 Å². The largest absolute Gasteiger partial charge is 0.490 e. The lowest BCUT2D eigenvalue weighted by Gasteiger charge is -2.09. The smallest absolute Gasteiger partial charge is 0.475 e. The summed E-state index contributed by atoms with van der Waals surface area (Å²) in [5.74, 6) is -3.51. The minimum Gasteiger partial charge on any atom is -0.475 e. The third-order valence-electron chi connectivity index (χ3n) is 4.14. The number of nitrogens with zero attached hydrogens (tertiary/aromatic N) is 1. The average molecular weight is 516 g/mol. The van der Waals surface area contributed by atoms with Gasteiger partial charge in [0.1, 0.15) is 0 Å². The standard InChI is InChI=1S/C19H16ClN3O3S.C2HF3O2/c20-16-9-10-22-18(11-16)27(25,26)23-19(24)14-7-5-13(6-8-14)17-4-2-1-3-15(17)12-21;3-2(4,5)1(6)7/h1-11H,12,21H2,(H,23,24);(H,6,7). The van der Waals surface area contributed by atoms with Gasteiger partial charge in [-0.05, 0) is 41.0 Å². The lowest BCUT2D eigenvalue weighted by atomic mass is 9.99. The number of nitrogens with one attached hydrogen (secondary N) is 1. The van der Waals surface area contributed by atoms with Gasteiger partial charge in [0.15, 0.2) is 5.03 Å². The second-order valence-corrected chi connectivity index (χ2v) is 8.55. The Labute approximate surface area is 197 Å². The number of carboxylic acid groups (broad SMARTS) is 1. The van der Waals surface area contributed by atoms with Crippen LogP contribution in [0.1, 0.15) is 15.9 Å². The highest BCUT2D eigenvalue weighted by Crippen LogP contribution is 2.24. The number of sulfonamides is 1. The molecule has 2 aromatic carbocycles. The van der Waals surface area contributed by atoms with Crippen molar-refractivity contribution in [2.45, 2.75) is 17.7 Å². The molecule has 3 rings (SSSR count). The minimum absolute atomic E-state index is 0.203. The Morgan fingerprint density at radius 3 is 2.18 bits per heavy atom. The highest BCUT2D eigenvalue weighted by Gasteiger charge is 2.38. The van der Waals surface area contributed by atoms with Crippen LogP contribution in [-0.2, 0) is 21.4 Å². The molecule has 0 aliphatic heterocycles. The monoisotopic (exact) mass is 515 g/mol. The van der Waals surface area contributed by atoms with Crippen molar-refractivity contribution >= 4 is 33.5 Å². The quantitative estimate of drug-likeness (QED) is 0.471. The van der Waals surface area contributed by atoms with Crippen molar-refractivity contribution in [2.75, 3.05) is 0 Å². The number of hydrogen-bond acceptors (Lipinski definition) is 6. The lowest BCUT2D eigenvalue weighted by Crippen LogP contribution is -2.31. The number of aromatic nitrogens is 1. The molecule has 0 unspecified atom stereocenters. The molecule has 1 amide bonds. The molecule has 0 bridgehead atoms. The summed E-state index contributed by atoms with van der Waals surface area (Å²) in [5.41, 5.74) is 8.78. The molecule has 1 heterocycles. The fourth-order valence-electron chi connectivity index (χ4n) is 2.55. The van der Waals surface area contributed by atoms with E-state index in [9.17, 15) is 26.4 Å². The van der Waals surface area contributed by atoms with Crippen molar-refractivity contribution in [3.05, 3.63) is 83.0 Å². The molecule has 0 spiro atoms. The number of carbonyl (C=O) groups excluding carboxylic acids is 1. The van der Waals surface area contributed by atoms with Crippen LogP contribution in [0.2, 0.25) is 5.02 Å². The molecular weight excluding hydrogens is 499 g/mol. The van der Waals surface area contributed by atoms with E-state index in [2.05, 4.69) is 4.98 Å². The van der Waals surface area contributed by atoms with Crippen molar-refractivity contribution < 1.29 is 36.3 Å². The molecule has 4 N–H and O–H groups in total. The number of benzene rings is 2. The first-order valence-electron chi connectivity index (χ1n) is 9.22. The van der Waals surface area contributed by atoms with Crippen LogP contribution in [0.3, 0.4) is 0 Å². The molecule has 3 aromatic rings. The molecule has 13 heteroatoms. The summed E-state index contributed by atoms with van der Waals surface area (Å²) >= 11 is 5.78. The number of nitrogens with two attached hydrogens (primary N) is 1. The fraction of sp³-hybridized carbons (Fsp3) is 0.0952. The SMILES string of the molecule is NCc1ccccc1-c1ccc(C(=O)NS(=O)(=O)c2cc(Cl)ccn2)cc1.O=C(O)C(F)(F)F. The van der Waals surface area contributed by atoms with Crippen LogP contribution in [0.15, 0.2) is 71.9 Å². The second kappa shape index (κ2) is 11.1. The summed E-state index contributed by atoms with van der Waals surface area (Å²) in [6.07, 6.45) is -3.83. The van der Waals surface area contributed by atoms with Crippen molar-refractivity contribution in [3.63, 3.8) is 0 Å². The first-order chi connectivity index (χ1) is 15.8. The molecule has 0 radical (unpaired) electrons. The zero-order valence-electron chi connectivity index (χ0n) is 17.1. The molecule has 34 heavy (non-hydrogen) atoms. The van der Waals surface area contributed by atoms with Crippen molar-refractivity contribution in [2.24, 2.45) is 5.73 Å². The van der Waals surface area contributed by atoms with E-state index in [1.165, 1.54) is 18.3 Å². The Bertz CT molecular complexity index is 1280. The maximum Gasteiger partial charge on any atom is 0.490 e. The highest BCUT2D eigenvalue weighted by molar-refractivity contribution is 7.90. The molecule has 0 saturated heterocycles. The van der Waals surface area contributed by atoms with Gasteiger partial charge >= 0.3 is 12.1 Å². The van der Waals surface area contributed by atoms with Gasteiger partial charge < -0.3 is 10.8 Å². The third kappa shape index (κ3) is 7.27. The van der Waals surface area contributed by atoms with E-state index >= 15 is 0 Å². The van der Waals surface area contributed by atoms with Crippen molar-refractivity contribution in [1.29, 1.82) is 0 Å². The highest BCUT2D eigenvalue weighted by atomic mass is 35.5. The molecule has 8 nitrogen and oxygen atoms in total. The maximum absolute atomic E-state index is 12.3. The number of alkyl halides is 3. The number of hydrogen-bond donors (Lipinski definition) is 3. The Kier molecular flexibility index (Phi) is 8.74. The summed E-state index contributed by atoms with van der Waals surface area (Å²) in [6, 6.07) is 16.9. The number of carbonyl (C=O) groups is 2. The Morgan fingerprint density at radius 2 is 1.65 bits per heavy atom. The van der Waals surface area contributed by atoms with Gasteiger partial charge in [-0.3, -0.25) is 4.79 Å². The normalized spacial score (nSPS) is 11.2. The molecule has 0 aliphatic carbocycles. The van der Waals surface area contributed by atoms with Crippen LogP contribution >= 0.6 is 11.6 Å². The van der Waals surface area contributed by atoms with Gasteiger partial charge in [-0.25, -0.2) is 14.5 Å². The van der Waals surface area contributed by atoms with Gasteiger partial charge in [0.2, 0.25) is 0 Å². The predicted octanol–water partition coefficient (Wildman–Crippen LogP) is 3.61. The molecule has 0 aliphatic rings. The minimum atomic E-state index is -5.08. The van der Waals surface area contributed by atoms with Crippen LogP contribution in [0.5, 0.6) is 0 Å². The number of pyridine rings is 1. The van der Waals surface area contributed by atoms with Crippen molar-refractivity contribution in [1.82, 2.24) is 9.71 Å². The van der Waals surface area contributed by atoms with Gasteiger partial charge in [0.05, 0.1) is 0 Å². The number of halogens is 4. The van der Waals surface area contributed by atoms with E-state index < -0.39 is 28.1 Å². The zero-order chi connectivity index (χ0) is 25.5. The van der Waals surface area contributed by atoms with Crippen LogP contribution in [0.4, 0.5) is 13.2 Å². The van der Waals surface area contributed by atoms with E-state index in [0.29, 0.717) is 6.54 Å². The molecular formula is C21H17ClF3N3O5S. The summed E-state index contributed by atoms with van der Waals surface area (Å²) < 4.78 is 58.3. The summed E-state index contributed by atoms with van der Waals surface area (Å²) in [5, 5.41) is 7.01. The number of amides is 1. The number of aliphatic carboxylic acids is 1. The van der Waals surface area contributed by atoms with Crippen LogP contribution in [0, 0.1) is 0 Å². The van der Waals surface area contributed by atoms with E-state index in [1.54, 1.807) is 24.3 Å². The molecule has 0 saturated carbocycles. The van der Waals surface area contributed by atoms with E-state index in [-0.39, 0.29) is 15.6 Å². The number of carboxylic acids is 1.